The van der Waals surface area contributed by atoms with Gasteiger partial charge in [0.2, 0.25) is 29.7 Å². The maximum absolute atomic E-state index is 13.8. The number of hydrogen-bond donors (Lipinski definition) is 2. The summed E-state index contributed by atoms with van der Waals surface area (Å²) in [6.45, 7) is 8.19. The Bertz CT molecular complexity index is 1240. The summed E-state index contributed by atoms with van der Waals surface area (Å²) in [5.74, 6) is 0.363. The fraction of sp³-hybridized carbons (Fsp3) is 0.577. The molecular formula is C26H36F2N10O3. The number of alkyl halides is 2. The first-order valence-electron chi connectivity index (χ1n) is 13.7. The second-order valence-electron chi connectivity index (χ2n) is 10.0. The van der Waals surface area contributed by atoms with Gasteiger partial charge >= 0.3 is 0 Å². The number of amides is 2. The molecular weight excluding hydrogens is 538 g/mol. The lowest BCUT2D eigenvalue weighted by atomic mass is 10.2. The third-order valence-corrected chi connectivity index (χ3v) is 6.64. The lowest BCUT2D eigenvalue weighted by Gasteiger charge is -2.35. The Morgan fingerprint density at radius 2 is 1.66 bits per heavy atom. The van der Waals surface area contributed by atoms with E-state index in [1.165, 1.54) is 6.20 Å². The number of hydrogen-bond acceptors (Lipinski definition) is 11. The molecule has 0 aromatic carbocycles. The van der Waals surface area contributed by atoms with Crippen LogP contribution in [-0.4, -0.2) is 101 Å². The molecule has 4 heterocycles. The summed E-state index contributed by atoms with van der Waals surface area (Å²) < 4.78 is 33.1. The van der Waals surface area contributed by atoms with Crippen LogP contribution in [0.3, 0.4) is 0 Å². The lowest BCUT2D eigenvalue weighted by molar-refractivity contribution is -0.131. The zero-order valence-electron chi connectivity index (χ0n) is 23.4. The van der Waals surface area contributed by atoms with Gasteiger partial charge in [-0.2, -0.15) is 15.0 Å². The van der Waals surface area contributed by atoms with Crippen molar-refractivity contribution in [2.45, 2.75) is 39.5 Å². The van der Waals surface area contributed by atoms with Crippen LogP contribution in [0.5, 0.6) is 0 Å². The quantitative estimate of drug-likeness (QED) is 0.314. The largest absolute Gasteiger partial charge is 0.378 e. The number of carbonyl (C=O) groups is 2. The van der Waals surface area contributed by atoms with Crippen molar-refractivity contribution in [1.29, 1.82) is 0 Å². The van der Waals surface area contributed by atoms with Gasteiger partial charge in [0, 0.05) is 64.5 Å². The van der Waals surface area contributed by atoms with E-state index in [1.807, 2.05) is 23.6 Å². The monoisotopic (exact) mass is 574 g/mol. The van der Waals surface area contributed by atoms with E-state index in [1.54, 1.807) is 11.0 Å². The van der Waals surface area contributed by atoms with Crippen LogP contribution in [0.15, 0.2) is 17.8 Å². The van der Waals surface area contributed by atoms with Crippen LogP contribution >= 0.6 is 0 Å². The van der Waals surface area contributed by atoms with Gasteiger partial charge in [-0.05, 0) is 26.7 Å². The number of morpholine rings is 1. The first kappa shape index (κ1) is 30.0. The maximum Gasteiger partial charge on any atom is 0.281 e. The van der Waals surface area contributed by atoms with Crippen molar-refractivity contribution >= 4 is 29.7 Å². The van der Waals surface area contributed by atoms with Crippen molar-refractivity contribution in [3.8, 4) is 11.4 Å². The molecule has 41 heavy (non-hydrogen) atoms. The number of aromatic nitrogens is 5. The van der Waals surface area contributed by atoms with Crippen LogP contribution < -0.4 is 20.9 Å². The molecule has 0 radical (unpaired) electrons. The molecule has 0 spiro atoms. The standard InChI is InChI=1S/C26H36F2N10O3/c1-17(2)15-19(39)30-6-4-3-5-20(40)36-7-9-37(10-8-36)25-33-23(18-16-31-24(29)32-21(18)22(27)28)34-26(35-25)38-11-13-41-14-12-38/h15-16,22H,3-14H2,1-2H3,(H,30,39)(H2,29,31,32). The summed E-state index contributed by atoms with van der Waals surface area (Å²) in [4.78, 5) is 51.3. The van der Waals surface area contributed by atoms with E-state index in [2.05, 4.69) is 30.2 Å². The number of rotatable bonds is 10. The minimum Gasteiger partial charge on any atom is -0.378 e. The Morgan fingerprint density at radius 3 is 2.29 bits per heavy atom. The molecule has 13 nitrogen and oxygen atoms in total. The van der Waals surface area contributed by atoms with Gasteiger partial charge in [0.25, 0.3) is 6.43 Å². The van der Waals surface area contributed by atoms with E-state index in [0.29, 0.717) is 90.2 Å². The number of carbonyl (C=O) groups excluding carboxylic acids is 2. The number of nitrogen functional groups attached to an aromatic ring is 1. The normalized spacial score (nSPS) is 15.7. The molecule has 2 aromatic rings. The number of ether oxygens (including phenoxy) is 1. The molecule has 0 atom stereocenters. The molecule has 15 heteroatoms. The lowest BCUT2D eigenvalue weighted by Crippen LogP contribution is -2.49. The Hall–Kier alpha value is -4.01. The number of nitrogens with one attached hydrogen (secondary N) is 1. The van der Waals surface area contributed by atoms with E-state index in [4.69, 9.17) is 10.5 Å². The van der Waals surface area contributed by atoms with Crippen LogP contribution in [0.2, 0.25) is 0 Å². The van der Waals surface area contributed by atoms with E-state index >= 15 is 0 Å². The van der Waals surface area contributed by atoms with Gasteiger partial charge in [0.05, 0.1) is 18.8 Å². The smallest absolute Gasteiger partial charge is 0.281 e. The van der Waals surface area contributed by atoms with E-state index in [0.717, 1.165) is 5.57 Å². The minimum atomic E-state index is -2.90. The van der Waals surface area contributed by atoms with Crippen molar-refractivity contribution in [2.24, 2.45) is 0 Å². The Morgan fingerprint density at radius 1 is 1.00 bits per heavy atom. The molecule has 0 unspecified atom stereocenters. The molecule has 2 aliphatic rings. The molecule has 2 amide bonds. The Labute approximate surface area is 237 Å². The molecule has 2 aromatic heterocycles. The number of unbranched alkanes of at least 4 members (excludes halogenated alkanes) is 1. The third kappa shape index (κ3) is 8.25. The van der Waals surface area contributed by atoms with Crippen LogP contribution in [0.1, 0.15) is 45.2 Å². The van der Waals surface area contributed by atoms with Gasteiger partial charge in [-0.15, -0.1) is 0 Å². The van der Waals surface area contributed by atoms with Crippen LogP contribution in [0.25, 0.3) is 11.4 Å². The molecule has 2 saturated heterocycles. The van der Waals surface area contributed by atoms with Gasteiger partial charge in [-0.1, -0.05) is 5.57 Å². The Balaban J connectivity index is 1.41. The maximum atomic E-state index is 13.8. The molecule has 3 N–H and O–H groups in total. The van der Waals surface area contributed by atoms with Crippen molar-refractivity contribution in [3.63, 3.8) is 0 Å². The van der Waals surface area contributed by atoms with Crippen LogP contribution in [-0.2, 0) is 14.3 Å². The summed E-state index contributed by atoms with van der Waals surface area (Å²) >= 11 is 0. The number of allylic oxidation sites excluding steroid dienone is 1. The fourth-order valence-electron chi connectivity index (χ4n) is 4.51. The highest BCUT2D eigenvalue weighted by Gasteiger charge is 2.27. The predicted molar refractivity (Wildman–Crippen MR) is 148 cm³/mol. The highest BCUT2D eigenvalue weighted by Crippen LogP contribution is 2.30. The average Bonchev–Trinajstić information content (AvgIpc) is 2.96. The second-order valence-corrected chi connectivity index (χ2v) is 10.0. The molecule has 0 bridgehead atoms. The van der Waals surface area contributed by atoms with E-state index in [9.17, 15) is 18.4 Å². The number of piperazine rings is 1. The van der Waals surface area contributed by atoms with Crippen molar-refractivity contribution in [1.82, 2.24) is 35.1 Å². The van der Waals surface area contributed by atoms with E-state index in [-0.39, 0.29) is 29.2 Å². The summed E-state index contributed by atoms with van der Waals surface area (Å²) in [5.41, 5.74) is 5.93. The van der Waals surface area contributed by atoms with Gasteiger partial charge in [0.1, 0.15) is 5.69 Å². The summed E-state index contributed by atoms with van der Waals surface area (Å²) in [5, 5.41) is 2.82. The highest BCUT2D eigenvalue weighted by molar-refractivity contribution is 5.88. The Kier molecular flexibility index (Phi) is 10.3. The van der Waals surface area contributed by atoms with Gasteiger partial charge in [-0.3, -0.25) is 9.59 Å². The van der Waals surface area contributed by atoms with Crippen LogP contribution in [0.4, 0.5) is 26.6 Å². The molecule has 2 aliphatic heterocycles. The minimum absolute atomic E-state index is 0.0155. The second kappa shape index (κ2) is 14.1. The number of nitrogens with two attached hydrogens (primary N) is 1. The summed E-state index contributed by atoms with van der Waals surface area (Å²) in [7, 11) is 0. The fourth-order valence-corrected chi connectivity index (χ4v) is 4.51. The zero-order valence-corrected chi connectivity index (χ0v) is 23.4. The average molecular weight is 575 g/mol. The van der Waals surface area contributed by atoms with Gasteiger partial charge < -0.3 is 30.5 Å². The van der Waals surface area contributed by atoms with Crippen LogP contribution in [0, 0.1) is 0 Å². The summed E-state index contributed by atoms with van der Waals surface area (Å²) in [6.07, 6.45) is 1.63. The SMILES string of the molecule is CC(C)=CC(=O)NCCCCC(=O)N1CCN(c2nc(-c3cnc(N)nc3C(F)F)nc(N3CCOCC3)n2)CC1. The van der Waals surface area contributed by atoms with Crippen molar-refractivity contribution in [2.75, 3.05) is 74.6 Å². The van der Waals surface area contributed by atoms with Crippen molar-refractivity contribution in [3.05, 3.63) is 23.5 Å². The summed E-state index contributed by atoms with van der Waals surface area (Å²) in [6, 6.07) is 0. The predicted octanol–water partition coefficient (Wildman–Crippen LogP) is 1.59. The van der Waals surface area contributed by atoms with E-state index < -0.39 is 12.1 Å². The third-order valence-electron chi connectivity index (χ3n) is 6.64. The molecule has 0 aliphatic carbocycles. The van der Waals surface area contributed by atoms with Crippen molar-refractivity contribution < 1.29 is 23.1 Å². The number of nitrogens with zero attached hydrogens (tertiary/aromatic N) is 8. The highest BCUT2D eigenvalue weighted by atomic mass is 19.3. The van der Waals surface area contributed by atoms with Gasteiger partial charge in [-0.25, -0.2) is 18.7 Å². The first-order chi connectivity index (χ1) is 19.7. The molecule has 2 fully saturated rings. The number of halogens is 2. The first-order valence-corrected chi connectivity index (χ1v) is 13.7. The van der Waals surface area contributed by atoms with Gasteiger partial charge in [0.15, 0.2) is 5.82 Å². The zero-order chi connectivity index (χ0) is 29.4. The molecule has 0 saturated carbocycles. The molecule has 222 valence electrons. The molecule has 4 rings (SSSR count). The number of anilines is 3. The topological polar surface area (TPSA) is 156 Å².